The molecule has 0 aromatic carbocycles. The van der Waals surface area contributed by atoms with E-state index in [1.165, 1.54) is 0 Å². The zero-order valence-corrected chi connectivity index (χ0v) is 11.1. The molecule has 0 saturated carbocycles. The summed E-state index contributed by atoms with van der Waals surface area (Å²) >= 11 is 1.56. The number of anilines is 1. The zero-order valence-electron chi connectivity index (χ0n) is 10.3. The van der Waals surface area contributed by atoms with Gasteiger partial charge < -0.3 is 19.7 Å². The highest BCUT2D eigenvalue weighted by atomic mass is 32.1. The van der Waals surface area contributed by atoms with Gasteiger partial charge in [0.1, 0.15) is 10.6 Å². The number of hydrogen-bond acceptors (Lipinski definition) is 7. The Bertz CT molecular complexity index is 509. The van der Waals surface area contributed by atoms with Crippen molar-refractivity contribution in [3.8, 4) is 16.5 Å². The molecule has 2 rings (SSSR count). The first-order valence-corrected chi connectivity index (χ1v) is 6.48. The van der Waals surface area contributed by atoms with Crippen molar-refractivity contribution in [1.29, 1.82) is 0 Å². The van der Waals surface area contributed by atoms with Crippen LogP contribution in [-0.4, -0.2) is 35.0 Å². The molecule has 0 bridgehead atoms. The van der Waals surface area contributed by atoms with E-state index < -0.39 is 0 Å². The van der Waals surface area contributed by atoms with E-state index in [0.29, 0.717) is 25.0 Å². The van der Waals surface area contributed by atoms with Crippen LogP contribution in [0, 0.1) is 6.92 Å². The third kappa shape index (κ3) is 2.80. The second kappa shape index (κ2) is 5.83. The van der Waals surface area contributed by atoms with E-state index in [1.54, 1.807) is 11.3 Å². The highest BCUT2D eigenvalue weighted by Gasteiger charge is 2.16. The SMILES string of the molecule is CCOc1cc(C)sc1-c1noc(NCCO)n1. The highest BCUT2D eigenvalue weighted by molar-refractivity contribution is 7.15. The quantitative estimate of drug-likeness (QED) is 0.833. The van der Waals surface area contributed by atoms with Crippen molar-refractivity contribution in [2.24, 2.45) is 0 Å². The Morgan fingerprint density at radius 2 is 2.39 bits per heavy atom. The molecular formula is C11H15N3O3S. The average molecular weight is 269 g/mol. The average Bonchev–Trinajstić information content (AvgIpc) is 2.94. The summed E-state index contributed by atoms with van der Waals surface area (Å²) in [6.07, 6.45) is 0. The minimum atomic E-state index is 0.0139. The molecule has 0 unspecified atom stereocenters. The van der Waals surface area contributed by atoms with Gasteiger partial charge in [-0.3, -0.25) is 0 Å². The molecule has 6 nitrogen and oxygen atoms in total. The van der Waals surface area contributed by atoms with Crippen LogP contribution in [0.5, 0.6) is 5.75 Å². The van der Waals surface area contributed by atoms with E-state index in [-0.39, 0.29) is 6.61 Å². The van der Waals surface area contributed by atoms with Gasteiger partial charge in [0.15, 0.2) is 0 Å². The molecule has 0 saturated heterocycles. The van der Waals surface area contributed by atoms with E-state index in [4.69, 9.17) is 14.4 Å². The summed E-state index contributed by atoms with van der Waals surface area (Å²) in [6, 6.07) is 2.26. The number of nitrogens with one attached hydrogen (secondary N) is 1. The maximum Gasteiger partial charge on any atom is 0.321 e. The monoisotopic (exact) mass is 269 g/mol. The molecule has 2 N–H and O–H groups in total. The van der Waals surface area contributed by atoms with Crippen LogP contribution in [0.1, 0.15) is 11.8 Å². The number of aliphatic hydroxyl groups is 1. The standard InChI is InChI=1S/C11H15N3O3S/c1-3-16-8-6-7(2)18-9(8)10-13-11(17-14-10)12-4-5-15/h6,15H,3-5H2,1-2H3,(H,12,13,14). The molecule has 0 radical (unpaired) electrons. The number of aromatic nitrogens is 2. The normalized spacial score (nSPS) is 10.6. The molecule has 0 spiro atoms. The van der Waals surface area contributed by atoms with Crippen molar-refractivity contribution in [3.05, 3.63) is 10.9 Å². The molecule has 0 atom stereocenters. The van der Waals surface area contributed by atoms with Crippen LogP contribution < -0.4 is 10.1 Å². The highest BCUT2D eigenvalue weighted by Crippen LogP contribution is 2.36. The predicted octanol–water partition coefficient (Wildman–Crippen LogP) is 1.91. The smallest absolute Gasteiger partial charge is 0.321 e. The maximum absolute atomic E-state index is 8.70. The van der Waals surface area contributed by atoms with E-state index in [9.17, 15) is 0 Å². The first-order chi connectivity index (χ1) is 8.74. The van der Waals surface area contributed by atoms with Gasteiger partial charge >= 0.3 is 6.01 Å². The van der Waals surface area contributed by atoms with Gasteiger partial charge in [-0.25, -0.2) is 0 Å². The minimum absolute atomic E-state index is 0.0139. The summed E-state index contributed by atoms with van der Waals surface area (Å²) in [5, 5.41) is 15.4. The van der Waals surface area contributed by atoms with E-state index in [2.05, 4.69) is 15.5 Å². The Labute approximate surface area is 109 Å². The zero-order chi connectivity index (χ0) is 13.0. The number of hydrogen-bond donors (Lipinski definition) is 2. The van der Waals surface area contributed by atoms with Gasteiger partial charge in [0, 0.05) is 11.4 Å². The van der Waals surface area contributed by atoms with Gasteiger partial charge in [-0.15, -0.1) is 11.3 Å². The van der Waals surface area contributed by atoms with Crippen molar-refractivity contribution < 1.29 is 14.4 Å². The first kappa shape index (κ1) is 12.8. The third-order valence-electron chi connectivity index (χ3n) is 2.14. The van der Waals surface area contributed by atoms with Gasteiger partial charge in [0.2, 0.25) is 5.82 Å². The fourth-order valence-electron chi connectivity index (χ4n) is 1.46. The fraction of sp³-hybridized carbons (Fsp3) is 0.455. The summed E-state index contributed by atoms with van der Waals surface area (Å²) in [4.78, 5) is 6.19. The molecule has 0 aliphatic rings. The maximum atomic E-state index is 8.70. The second-order valence-corrected chi connectivity index (χ2v) is 4.81. The van der Waals surface area contributed by atoms with E-state index >= 15 is 0 Å². The van der Waals surface area contributed by atoms with Crippen molar-refractivity contribution in [3.63, 3.8) is 0 Å². The second-order valence-electron chi connectivity index (χ2n) is 3.56. The van der Waals surface area contributed by atoms with Crippen LogP contribution in [0.15, 0.2) is 10.6 Å². The van der Waals surface area contributed by atoms with Gasteiger partial charge in [-0.1, -0.05) is 5.16 Å². The van der Waals surface area contributed by atoms with Crippen LogP contribution in [0.25, 0.3) is 10.7 Å². The van der Waals surface area contributed by atoms with Gasteiger partial charge in [-0.2, -0.15) is 4.98 Å². The van der Waals surface area contributed by atoms with Gasteiger partial charge in [-0.05, 0) is 19.9 Å². The lowest BCUT2D eigenvalue weighted by Gasteiger charge is -2.00. The molecule has 0 aliphatic carbocycles. The number of aliphatic hydroxyl groups excluding tert-OH is 1. The minimum Gasteiger partial charge on any atom is -0.492 e. The van der Waals surface area contributed by atoms with Crippen molar-refractivity contribution in [2.75, 3.05) is 25.1 Å². The van der Waals surface area contributed by atoms with Crippen LogP contribution in [0.4, 0.5) is 6.01 Å². The van der Waals surface area contributed by atoms with Crippen molar-refractivity contribution >= 4 is 17.4 Å². The van der Waals surface area contributed by atoms with E-state index in [1.807, 2.05) is 19.9 Å². The summed E-state index contributed by atoms with van der Waals surface area (Å²) < 4.78 is 10.6. The molecule has 7 heteroatoms. The fourth-order valence-corrected chi connectivity index (χ4v) is 2.34. The molecule has 2 heterocycles. The number of rotatable bonds is 6. The Kier molecular flexibility index (Phi) is 4.16. The predicted molar refractivity (Wildman–Crippen MR) is 69.1 cm³/mol. The Morgan fingerprint density at radius 1 is 1.56 bits per heavy atom. The van der Waals surface area contributed by atoms with Gasteiger partial charge in [0.05, 0.1) is 13.2 Å². The molecule has 0 amide bonds. The first-order valence-electron chi connectivity index (χ1n) is 5.66. The van der Waals surface area contributed by atoms with Crippen molar-refractivity contribution in [2.45, 2.75) is 13.8 Å². The number of aryl methyl sites for hydroxylation is 1. The largest absolute Gasteiger partial charge is 0.492 e. The molecule has 2 aromatic heterocycles. The van der Waals surface area contributed by atoms with Crippen molar-refractivity contribution in [1.82, 2.24) is 10.1 Å². The summed E-state index contributed by atoms with van der Waals surface area (Å²) in [5.74, 6) is 1.27. The Morgan fingerprint density at radius 3 is 3.11 bits per heavy atom. The summed E-state index contributed by atoms with van der Waals surface area (Å²) in [6.45, 7) is 4.92. The Balaban J connectivity index is 2.22. The van der Waals surface area contributed by atoms with Crippen LogP contribution in [0.3, 0.4) is 0 Å². The molecule has 2 aromatic rings. The third-order valence-corrected chi connectivity index (χ3v) is 3.17. The lowest BCUT2D eigenvalue weighted by atomic mass is 10.4. The lowest BCUT2D eigenvalue weighted by molar-refractivity contribution is 0.308. The van der Waals surface area contributed by atoms with Gasteiger partial charge in [0.25, 0.3) is 0 Å². The molecule has 0 fully saturated rings. The van der Waals surface area contributed by atoms with Crippen LogP contribution >= 0.6 is 11.3 Å². The lowest BCUT2D eigenvalue weighted by Crippen LogP contribution is -2.05. The molecule has 18 heavy (non-hydrogen) atoms. The number of ether oxygens (including phenoxy) is 1. The number of thiophene rings is 1. The summed E-state index contributed by atoms with van der Waals surface area (Å²) in [7, 11) is 0. The number of nitrogens with zero attached hydrogens (tertiary/aromatic N) is 2. The molecule has 98 valence electrons. The molecule has 0 aliphatic heterocycles. The summed E-state index contributed by atoms with van der Waals surface area (Å²) in [5.41, 5.74) is 0. The van der Waals surface area contributed by atoms with Crippen LogP contribution in [0.2, 0.25) is 0 Å². The topological polar surface area (TPSA) is 80.4 Å². The van der Waals surface area contributed by atoms with E-state index in [0.717, 1.165) is 15.5 Å². The van der Waals surface area contributed by atoms with Crippen LogP contribution in [-0.2, 0) is 0 Å². The molecular weight excluding hydrogens is 254 g/mol. The Hall–Kier alpha value is -1.60.